The molecule has 112 valence electrons. The number of nitrogens with zero attached hydrogens (tertiary/aromatic N) is 3. The van der Waals surface area contributed by atoms with Crippen LogP contribution >= 0.6 is 0 Å². The van der Waals surface area contributed by atoms with Gasteiger partial charge >= 0.3 is 0 Å². The predicted octanol–water partition coefficient (Wildman–Crippen LogP) is 3.17. The van der Waals surface area contributed by atoms with Crippen molar-refractivity contribution in [2.75, 3.05) is 17.7 Å². The van der Waals surface area contributed by atoms with Gasteiger partial charge in [-0.05, 0) is 33.6 Å². The first-order valence-electron chi connectivity index (χ1n) is 7.34. The predicted molar refractivity (Wildman–Crippen MR) is 81.6 cm³/mol. The highest BCUT2D eigenvalue weighted by Crippen LogP contribution is 2.39. The maximum Gasteiger partial charge on any atom is 0.139 e. The van der Waals surface area contributed by atoms with Crippen molar-refractivity contribution in [2.24, 2.45) is 0 Å². The fourth-order valence-electron chi connectivity index (χ4n) is 2.59. The second kappa shape index (κ2) is 5.35. The van der Waals surface area contributed by atoms with Crippen molar-refractivity contribution < 1.29 is 4.52 Å². The van der Waals surface area contributed by atoms with Crippen molar-refractivity contribution in [3.63, 3.8) is 0 Å². The highest BCUT2D eigenvalue weighted by Gasteiger charge is 2.27. The van der Waals surface area contributed by atoms with E-state index in [0.717, 1.165) is 34.5 Å². The number of anilines is 2. The van der Waals surface area contributed by atoms with E-state index in [4.69, 9.17) is 4.52 Å². The summed E-state index contributed by atoms with van der Waals surface area (Å²) in [7, 11) is 1.88. The van der Waals surface area contributed by atoms with Gasteiger partial charge in [0.15, 0.2) is 0 Å². The molecular weight excluding hydrogens is 266 g/mol. The Morgan fingerprint density at radius 1 is 1.24 bits per heavy atom. The first kappa shape index (κ1) is 13.9. The third-order valence-corrected chi connectivity index (χ3v) is 3.83. The van der Waals surface area contributed by atoms with E-state index in [0.29, 0.717) is 5.92 Å². The molecule has 2 aromatic heterocycles. The van der Waals surface area contributed by atoms with Gasteiger partial charge in [0.05, 0.1) is 11.7 Å². The molecule has 0 saturated heterocycles. The number of nitrogens with one attached hydrogen (secondary N) is 2. The Morgan fingerprint density at radius 3 is 2.52 bits per heavy atom. The van der Waals surface area contributed by atoms with Crippen LogP contribution < -0.4 is 10.6 Å². The van der Waals surface area contributed by atoms with Crippen LogP contribution in [0, 0.1) is 13.8 Å². The van der Waals surface area contributed by atoms with E-state index < -0.39 is 0 Å². The fraction of sp³-hybridized carbons (Fsp3) is 0.533. The van der Waals surface area contributed by atoms with Gasteiger partial charge in [-0.3, -0.25) is 0 Å². The molecule has 2 N–H and O–H groups in total. The SMILES string of the molecule is CNc1cc(NC(C)c2c(C)noc2C)nc(C2CC2)n1. The maximum atomic E-state index is 5.24. The standard InChI is InChI=1S/C15H21N5O/c1-8(14-9(2)20-21-10(14)3)17-13-7-12(16-4)18-15(19-13)11-5-6-11/h7-8,11H,5-6H2,1-4H3,(H2,16,17,18,19). The molecule has 1 fully saturated rings. The average Bonchev–Trinajstić information content (AvgIpc) is 3.24. The minimum Gasteiger partial charge on any atom is -0.373 e. The van der Waals surface area contributed by atoms with E-state index in [1.807, 2.05) is 27.0 Å². The summed E-state index contributed by atoms with van der Waals surface area (Å²) in [6.45, 7) is 5.98. The van der Waals surface area contributed by atoms with Gasteiger partial charge in [-0.1, -0.05) is 5.16 Å². The van der Waals surface area contributed by atoms with E-state index in [1.165, 1.54) is 12.8 Å². The van der Waals surface area contributed by atoms with Crippen LogP contribution in [-0.2, 0) is 0 Å². The maximum absolute atomic E-state index is 5.24. The topological polar surface area (TPSA) is 75.9 Å². The zero-order valence-electron chi connectivity index (χ0n) is 12.9. The van der Waals surface area contributed by atoms with Gasteiger partial charge < -0.3 is 15.2 Å². The van der Waals surface area contributed by atoms with Crippen LogP contribution in [0.5, 0.6) is 0 Å². The molecule has 21 heavy (non-hydrogen) atoms. The monoisotopic (exact) mass is 287 g/mol. The van der Waals surface area contributed by atoms with E-state index >= 15 is 0 Å². The van der Waals surface area contributed by atoms with Gasteiger partial charge in [-0.2, -0.15) is 0 Å². The van der Waals surface area contributed by atoms with Gasteiger partial charge in [0, 0.05) is 24.6 Å². The quantitative estimate of drug-likeness (QED) is 0.879. The minimum absolute atomic E-state index is 0.0860. The molecule has 1 unspecified atom stereocenters. The molecule has 2 aromatic rings. The highest BCUT2D eigenvalue weighted by molar-refractivity contribution is 5.49. The van der Waals surface area contributed by atoms with Crippen molar-refractivity contribution in [3.05, 3.63) is 28.9 Å². The van der Waals surface area contributed by atoms with Crippen LogP contribution in [-0.4, -0.2) is 22.2 Å². The summed E-state index contributed by atoms with van der Waals surface area (Å²) in [5, 5.41) is 10.5. The lowest BCUT2D eigenvalue weighted by atomic mass is 10.1. The molecule has 1 aliphatic carbocycles. The van der Waals surface area contributed by atoms with Crippen molar-refractivity contribution in [1.29, 1.82) is 0 Å². The highest BCUT2D eigenvalue weighted by atomic mass is 16.5. The third-order valence-electron chi connectivity index (χ3n) is 3.83. The molecule has 6 heteroatoms. The molecule has 3 rings (SSSR count). The van der Waals surface area contributed by atoms with Crippen LogP contribution in [0.2, 0.25) is 0 Å². The first-order valence-corrected chi connectivity index (χ1v) is 7.34. The van der Waals surface area contributed by atoms with Gasteiger partial charge in [0.2, 0.25) is 0 Å². The van der Waals surface area contributed by atoms with Gasteiger partial charge in [0.25, 0.3) is 0 Å². The lowest BCUT2D eigenvalue weighted by Crippen LogP contribution is -2.11. The molecule has 0 amide bonds. The molecule has 1 saturated carbocycles. The minimum atomic E-state index is 0.0860. The fourth-order valence-corrected chi connectivity index (χ4v) is 2.59. The Kier molecular flexibility index (Phi) is 3.53. The third kappa shape index (κ3) is 2.84. The van der Waals surface area contributed by atoms with Crippen LogP contribution in [0.1, 0.15) is 54.6 Å². The summed E-state index contributed by atoms with van der Waals surface area (Å²) < 4.78 is 5.24. The Labute approximate surface area is 124 Å². The Balaban J connectivity index is 1.85. The van der Waals surface area contributed by atoms with Gasteiger partial charge in [-0.25, -0.2) is 9.97 Å². The lowest BCUT2D eigenvalue weighted by Gasteiger charge is -2.16. The summed E-state index contributed by atoms with van der Waals surface area (Å²) >= 11 is 0. The molecule has 0 aromatic carbocycles. The van der Waals surface area contributed by atoms with Gasteiger partial charge in [-0.15, -0.1) is 0 Å². The number of rotatable bonds is 5. The summed E-state index contributed by atoms with van der Waals surface area (Å²) in [6, 6.07) is 2.02. The summed E-state index contributed by atoms with van der Waals surface area (Å²) in [6.07, 6.45) is 2.37. The average molecular weight is 287 g/mol. The van der Waals surface area contributed by atoms with Crippen molar-refractivity contribution in [1.82, 2.24) is 15.1 Å². The van der Waals surface area contributed by atoms with Crippen LogP contribution in [0.4, 0.5) is 11.6 Å². The second-order valence-corrected chi connectivity index (χ2v) is 5.62. The molecule has 1 aliphatic rings. The van der Waals surface area contributed by atoms with E-state index in [9.17, 15) is 0 Å². The lowest BCUT2D eigenvalue weighted by molar-refractivity contribution is 0.392. The zero-order valence-corrected chi connectivity index (χ0v) is 12.9. The zero-order chi connectivity index (χ0) is 15.0. The van der Waals surface area contributed by atoms with E-state index in [2.05, 4.69) is 32.7 Å². The summed E-state index contributed by atoms with van der Waals surface area (Å²) in [5.41, 5.74) is 2.01. The molecule has 6 nitrogen and oxygen atoms in total. The molecule has 0 bridgehead atoms. The van der Waals surface area contributed by atoms with Crippen LogP contribution in [0.3, 0.4) is 0 Å². The van der Waals surface area contributed by atoms with Gasteiger partial charge in [0.1, 0.15) is 23.2 Å². The largest absolute Gasteiger partial charge is 0.373 e. The number of aromatic nitrogens is 3. The first-order chi connectivity index (χ1) is 10.1. The molecule has 2 heterocycles. The Hall–Kier alpha value is -2.11. The summed E-state index contributed by atoms with van der Waals surface area (Å²) in [5.74, 6) is 3.98. The van der Waals surface area contributed by atoms with Crippen molar-refractivity contribution in [2.45, 2.75) is 45.6 Å². The smallest absolute Gasteiger partial charge is 0.139 e. The van der Waals surface area contributed by atoms with Crippen molar-refractivity contribution >= 4 is 11.6 Å². The summed E-state index contributed by atoms with van der Waals surface area (Å²) in [4.78, 5) is 9.17. The Bertz CT molecular complexity index is 628. The molecular formula is C15H21N5O. The molecule has 0 aliphatic heterocycles. The normalized spacial score (nSPS) is 15.8. The second-order valence-electron chi connectivity index (χ2n) is 5.62. The molecule has 1 atom stereocenters. The number of hydrogen-bond donors (Lipinski definition) is 2. The van der Waals surface area contributed by atoms with Crippen LogP contribution in [0.25, 0.3) is 0 Å². The Morgan fingerprint density at radius 2 is 1.95 bits per heavy atom. The molecule has 0 spiro atoms. The molecule has 0 radical (unpaired) electrons. The van der Waals surface area contributed by atoms with E-state index in [1.54, 1.807) is 0 Å². The number of aryl methyl sites for hydroxylation is 2. The van der Waals surface area contributed by atoms with Crippen molar-refractivity contribution in [3.8, 4) is 0 Å². The van der Waals surface area contributed by atoms with Crippen LogP contribution in [0.15, 0.2) is 10.6 Å². The number of hydrogen-bond acceptors (Lipinski definition) is 6. The van der Waals surface area contributed by atoms with E-state index in [-0.39, 0.29) is 6.04 Å².